The van der Waals surface area contributed by atoms with Gasteiger partial charge in [-0.15, -0.1) is 0 Å². The van der Waals surface area contributed by atoms with Gasteiger partial charge in [-0.3, -0.25) is 5.10 Å². The lowest BCUT2D eigenvalue weighted by Crippen LogP contribution is -2.50. The van der Waals surface area contributed by atoms with Crippen molar-refractivity contribution in [3.8, 4) is 0 Å². The number of hydrogen-bond donors (Lipinski definition) is 1. The summed E-state index contributed by atoms with van der Waals surface area (Å²) in [5.41, 5.74) is 2.10. The Kier molecular flexibility index (Phi) is 3.51. The smallest absolute Gasteiger partial charge is 0.243 e. The first-order chi connectivity index (χ1) is 11.0. The van der Waals surface area contributed by atoms with Gasteiger partial charge in [0.15, 0.2) is 0 Å². The molecule has 122 valence electrons. The first kappa shape index (κ1) is 15.2. The summed E-state index contributed by atoms with van der Waals surface area (Å²) in [6.07, 6.45) is 4.53. The van der Waals surface area contributed by atoms with E-state index in [0.717, 1.165) is 30.5 Å². The lowest BCUT2D eigenvalue weighted by molar-refractivity contribution is 0.141. The number of benzene rings is 1. The molecule has 0 aliphatic carbocycles. The standard InChI is InChI=1S/C16H18ClN3O2S/c1-10-14-3-2-4-15(13-9-18-19-16(10)13)20(14)23(21,22)12-7-5-11(17)6-8-12/h5-10,14-15H,2-4H2,1H3,(H,18,19). The second kappa shape index (κ2) is 5.33. The third-order valence-corrected chi connectivity index (χ3v) is 7.29. The number of sulfonamides is 1. The van der Waals surface area contributed by atoms with E-state index >= 15 is 0 Å². The minimum atomic E-state index is -3.56. The van der Waals surface area contributed by atoms with Crippen LogP contribution in [-0.2, 0) is 10.0 Å². The summed E-state index contributed by atoms with van der Waals surface area (Å²) >= 11 is 5.90. The van der Waals surface area contributed by atoms with Gasteiger partial charge in [0.05, 0.1) is 17.1 Å². The highest BCUT2D eigenvalue weighted by Crippen LogP contribution is 2.48. The summed E-state index contributed by atoms with van der Waals surface area (Å²) < 4.78 is 28.2. The minimum absolute atomic E-state index is 0.0256. The molecule has 1 aromatic carbocycles. The molecule has 2 aliphatic rings. The van der Waals surface area contributed by atoms with E-state index in [-0.39, 0.29) is 18.0 Å². The van der Waals surface area contributed by atoms with Crippen molar-refractivity contribution >= 4 is 21.6 Å². The molecular weight excluding hydrogens is 334 g/mol. The summed E-state index contributed by atoms with van der Waals surface area (Å²) in [5, 5.41) is 7.75. The summed E-state index contributed by atoms with van der Waals surface area (Å²) in [5.74, 6) is 0.117. The average Bonchev–Trinajstić information content (AvgIpc) is 3.02. The fourth-order valence-corrected chi connectivity index (χ4v) is 6.02. The van der Waals surface area contributed by atoms with Crippen LogP contribution in [0.2, 0.25) is 5.02 Å². The van der Waals surface area contributed by atoms with E-state index in [9.17, 15) is 8.42 Å². The number of H-pyrrole nitrogens is 1. The van der Waals surface area contributed by atoms with Crippen LogP contribution in [0.25, 0.3) is 0 Å². The molecule has 0 saturated carbocycles. The molecule has 0 amide bonds. The molecule has 5 nitrogen and oxygen atoms in total. The SMILES string of the molecule is CC1c2[nH]ncc2C2CCCC1N2S(=O)(=O)c1ccc(Cl)cc1. The molecule has 3 heterocycles. The maximum absolute atomic E-state index is 13.2. The monoisotopic (exact) mass is 351 g/mol. The molecule has 0 radical (unpaired) electrons. The molecule has 23 heavy (non-hydrogen) atoms. The van der Waals surface area contributed by atoms with Crippen molar-refractivity contribution in [2.75, 3.05) is 0 Å². The van der Waals surface area contributed by atoms with E-state index in [4.69, 9.17) is 11.6 Å². The summed E-state index contributed by atoms with van der Waals surface area (Å²) in [6.45, 7) is 2.08. The zero-order valence-corrected chi connectivity index (χ0v) is 14.3. The molecule has 2 bridgehead atoms. The lowest BCUT2D eigenvalue weighted by Gasteiger charge is -2.47. The summed E-state index contributed by atoms with van der Waals surface area (Å²) in [4.78, 5) is 0.304. The van der Waals surface area contributed by atoms with Crippen molar-refractivity contribution in [3.05, 3.63) is 46.7 Å². The van der Waals surface area contributed by atoms with Gasteiger partial charge in [0.25, 0.3) is 0 Å². The van der Waals surface area contributed by atoms with Crippen LogP contribution in [0.5, 0.6) is 0 Å². The Hall–Kier alpha value is -1.37. The number of piperidine rings is 1. The third-order valence-electron chi connectivity index (χ3n) is 5.09. The first-order valence-electron chi connectivity index (χ1n) is 7.82. The van der Waals surface area contributed by atoms with Gasteiger partial charge >= 0.3 is 0 Å². The molecule has 7 heteroatoms. The van der Waals surface area contributed by atoms with E-state index in [0.29, 0.717) is 9.92 Å². The molecule has 1 saturated heterocycles. The van der Waals surface area contributed by atoms with Crippen molar-refractivity contribution in [1.82, 2.24) is 14.5 Å². The fourth-order valence-electron chi connectivity index (χ4n) is 3.97. The Morgan fingerprint density at radius 3 is 2.74 bits per heavy atom. The number of nitrogens with zero attached hydrogens (tertiary/aromatic N) is 2. The Bertz CT molecular complexity index is 831. The molecule has 2 aliphatic heterocycles. The highest BCUT2D eigenvalue weighted by Gasteiger charge is 2.48. The number of hydrogen-bond acceptors (Lipinski definition) is 3. The van der Waals surface area contributed by atoms with Crippen molar-refractivity contribution in [2.45, 2.75) is 49.1 Å². The van der Waals surface area contributed by atoms with E-state index in [1.165, 1.54) is 0 Å². The van der Waals surface area contributed by atoms with Gasteiger partial charge in [0.2, 0.25) is 10.0 Å². The van der Waals surface area contributed by atoms with E-state index in [2.05, 4.69) is 17.1 Å². The highest BCUT2D eigenvalue weighted by molar-refractivity contribution is 7.89. The van der Waals surface area contributed by atoms with Crippen molar-refractivity contribution < 1.29 is 8.42 Å². The average molecular weight is 352 g/mol. The van der Waals surface area contributed by atoms with Crippen LogP contribution in [0.3, 0.4) is 0 Å². The van der Waals surface area contributed by atoms with Crippen molar-refractivity contribution in [2.24, 2.45) is 0 Å². The molecule has 3 atom stereocenters. The van der Waals surface area contributed by atoms with Gasteiger partial charge < -0.3 is 0 Å². The Balaban J connectivity index is 1.84. The van der Waals surface area contributed by atoms with Crippen LogP contribution < -0.4 is 0 Å². The Morgan fingerprint density at radius 1 is 1.26 bits per heavy atom. The van der Waals surface area contributed by atoms with Crippen molar-refractivity contribution in [1.29, 1.82) is 0 Å². The van der Waals surface area contributed by atoms with Crippen LogP contribution in [0.15, 0.2) is 35.4 Å². The molecular formula is C16H18ClN3O2S. The van der Waals surface area contributed by atoms with Gasteiger partial charge in [-0.2, -0.15) is 9.40 Å². The van der Waals surface area contributed by atoms with E-state index < -0.39 is 10.0 Å². The molecule has 1 fully saturated rings. The number of aromatic nitrogens is 2. The lowest BCUT2D eigenvalue weighted by atomic mass is 9.79. The molecule has 3 unspecified atom stereocenters. The summed E-state index contributed by atoms with van der Waals surface area (Å²) in [6, 6.07) is 6.27. The van der Waals surface area contributed by atoms with Crippen LogP contribution in [0.1, 0.15) is 49.4 Å². The number of fused-ring (bicyclic) bond motifs is 4. The fraction of sp³-hybridized carbons (Fsp3) is 0.438. The Labute approximate surface area is 140 Å². The summed E-state index contributed by atoms with van der Waals surface area (Å²) in [7, 11) is -3.56. The normalized spacial score (nSPS) is 27.7. The molecule has 0 spiro atoms. The second-order valence-corrected chi connectivity index (χ2v) is 8.61. The van der Waals surface area contributed by atoms with E-state index in [1.54, 1.807) is 34.8 Å². The number of rotatable bonds is 2. The van der Waals surface area contributed by atoms with Gasteiger partial charge in [0.1, 0.15) is 0 Å². The van der Waals surface area contributed by atoms with Gasteiger partial charge in [-0.25, -0.2) is 8.42 Å². The predicted octanol–water partition coefficient (Wildman–Crippen LogP) is 3.46. The number of aromatic amines is 1. The third kappa shape index (κ3) is 2.23. The van der Waals surface area contributed by atoms with Gasteiger partial charge in [-0.1, -0.05) is 18.5 Å². The molecule has 2 aromatic rings. The maximum Gasteiger partial charge on any atom is 0.243 e. The van der Waals surface area contributed by atoms with E-state index in [1.807, 2.05) is 0 Å². The van der Waals surface area contributed by atoms with Gasteiger partial charge in [0, 0.05) is 28.2 Å². The Morgan fingerprint density at radius 2 is 2.00 bits per heavy atom. The zero-order valence-electron chi connectivity index (χ0n) is 12.7. The molecule has 1 aromatic heterocycles. The van der Waals surface area contributed by atoms with Crippen LogP contribution in [0, 0.1) is 0 Å². The largest absolute Gasteiger partial charge is 0.282 e. The maximum atomic E-state index is 13.2. The first-order valence-corrected chi connectivity index (χ1v) is 9.64. The quantitative estimate of drug-likeness (QED) is 0.900. The minimum Gasteiger partial charge on any atom is -0.282 e. The zero-order chi connectivity index (χ0) is 16.2. The number of nitrogens with one attached hydrogen (secondary N) is 1. The highest BCUT2D eigenvalue weighted by atomic mass is 35.5. The van der Waals surface area contributed by atoms with Crippen molar-refractivity contribution in [3.63, 3.8) is 0 Å². The van der Waals surface area contributed by atoms with Crippen LogP contribution in [-0.4, -0.2) is 29.0 Å². The predicted molar refractivity (Wildman–Crippen MR) is 87.9 cm³/mol. The second-order valence-electron chi connectivity index (χ2n) is 6.33. The topological polar surface area (TPSA) is 66.1 Å². The number of halogens is 1. The molecule has 4 rings (SSSR count). The molecule has 1 N–H and O–H groups in total. The van der Waals surface area contributed by atoms with Crippen LogP contribution >= 0.6 is 11.6 Å². The van der Waals surface area contributed by atoms with Crippen LogP contribution in [0.4, 0.5) is 0 Å². The van der Waals surface area contributed by atoms with Gasteiger partial charge in [-0.05, 0) is 43.5 Å².